The van der Waals surface area contributed by atoms with Gasteiger partial charge in [0.15, 0.2) is 5.43 Å². The van der Waals surface area contributed by atoms with Crippen LogP contribution in [-0.4, -0.2) is 23.3 Å². The first-order valence-electron chi connectivity index (χ1n) is 6.45. The smallest absolute Gasteiger partial charge is 0.400 e. The highest BCUT2D eigenvalue weighted by atomic mass is 16.7. The molecule has 1 fully saturated rings. The van der Waals surface area contributed by atoms with Crippen LogP contribution >= 0.6 is 0 Å². The first kappa shape index (κ1) is 14.1. The van der Waals surface area contributed by atoms with Gasteiger partial charge in [-0.25, -0.2) is 0 Å². The maximum Gasteiger partial charge on any atom is 0.487 e. The highest BCUT2D eigenvalue weighted by Crippen LogP contribution is 2.36. The third kappa shape index (κ3) is 2.67. The van der Waals surface area contributed by atoms with Crippen LogP contribution in [0.3, 0.4) is 0 Å². The number of hydrogen-bond acceptors (Lipinski definition) is 3. The summed E-state index contributed by atoms with van der Waals surface area (Å²) in [5.41, 5.74) is 0.798. The van der Waals surface area contributed by atoms with E-state index in [1.54, 1.807) is 13.1 Å². The van der Waals surface area contributed by atoms with Crippen LogP contribution < -0.4 is 5.43 Å². The standard InChI is InChI=1S/C14H20BNO3/c1-10-11(16-9-7-12(10)17)6-8-15-18-13(2,3)14(4,5)19-15/h6-9H,1-5H3,(H,16,17)/b8-6+. The molecule has 0 aromatic carbocycles. The fourth-order valence-electron chi connectivity index (χ4n) is 1.89. The van der Waals surface area contributed by atoms with Gasteiger partial charge in [0, 0.05) is 23.5 Å². The van der Waals surface area contributed by atoms with Gasteiger partial charge in [0.2, 0.25) is 0 Å². The van der Waals surface area contributed by atoms with E-state index in [1.807, 2.05) is 39.7 Å². The van der Waals surface area contributed by atoms with E-state index in [4.69, 9.17) is 9.31 Å². The number of H-pyrrole nitrogens is 1. The van der Waals surface area contributed by atoms with Crippen LogP contribution in [-0.2, 0) is 9.31 Å². The first-order chi connectivity index (χ1) is 8.73. The molecule has 4 nitrogen and oxygen atoms in total. The average molecular weight is 261 g/mol. The van der Waals surface area contributed by atoms with Gasteiger partial charge < -0.3 is 14.3 Å². The van der Waals surface area contributed by atoms with Crippen LogP contribution in [0, 0.1) is 6.92 Å². The molecular weight excluding hydrogens is 241 g/mol. The van der Waals surface area contributed by atoms with Gasteiger partial charge >= 0.3 is 7.12 Å². The zero-order valence-electron chi connectivity index (χ0n) is 12.1. The van der Waals surface area contributed by atoms with E-state index in [2.05, 4.69) is 4.98 Å². The molecule has 0 bridgehead atoms. The van der Waals surface area contributed by atoms with Gasteiger partial charge in [0.05, 0.1) is 11.2 Å². The molecule has 0 atom stereocenters. The number of aromatic amines is 1. The maximum atomic E-state index is 11.5. The summed E-state index contributed by atoms with van der Waals surface area (Å²) in [5, 5.41) is 0. The monoisotopic (exact) mass is 261 g/mol. The van der Waals surface area contributed by atoms with Crippen molar-refractivity contribution in [2.75, 3.05) is 0 Å². The number of aromatic nitrogens is 1. The minimum Gasteiger partial charge on any atom is -0.400 e. The third-order valence-electron chi connectivity index (χ3n) is 3.94. The first-order valence-corrected chi connectivity index (χ1v) is 6.45. The SMILES string of the molecule is Cc1c(/C=C/B2OC(C)(C)C(C)(C)O2)[nH]ccc1=O. The molecule has 0 saturated carbocycles. The molecule has 2 heterocycles. The molecule has 1 saturated heterocycles. The predicted octanol–water partition coefficient (Wildman–Crippen LogP) is 2.33. The van der Waals surface area contributed by atoms with Crippen molar-refractivity contribution >= 4 is 13.2 Å². The van der Waals surface area contributed by atoms with Crippen molar-refractivity contribution in [1.29, 1.82) is 0 Å². The summed E-state index contributed by atoms with van der Waals surface area (Å²) in [4.78, 5) is 14.6. The Morgan fingerprint density at radius 3 is 2.37 bits per heavy atom. The summed E-state index contributed by atoms with van der Waals surface area (Å²) in [6.07, 6.45) is 3.47. The minimum atomic E-state index is -0.395. The van der Waals surface area contributed by atoms with Gasteiger partial charge in [-0.2, -0.15) is 0 Å². The molecule has 19 heavy (non-hydrogen) atoms. The number of hydrogen-bond donors (Lipinski definition) is 1. The van der Waals surface area contributed by atoms with Crippen LogP contribution in [0.15, 0.2) is 23.0 Å². The summed E-state index contributed by atoms with van der Waals surface area (Å²) < 4.78 is 11.7. The predicted molar refractivity (Wildman–Crippen MR) is 76.9 cm³/mol. The molecular formula is C14H20BNO3. The van der Waals surface area contributed by atoms with Gasteiger partial charge in [0.1, 0.15) is 0 Å². The van der Waals surface area contributed by atoms with Gasteiger partial charge in [-0.05, 0) is 40.7 Å². The molecule has 0 amide bonds. The Bertz CT molecular complexity index is 544. The van der Waals surface area contributed by atoms with Gasteiger partial charge in [0.25, 0.3) is 0 Å². The number of nitrogens with one attached hydrogen (secondary N) is 1. The van der Waals surface area contributed by atoms with E-state index in [1.165, 1.54) is 6.07 Å². The summed E-state index contributed by atoms with van der Waals surface area (Å²) in [5.74, 6) is 1.83. The van der Waals surface area contributed by atoms with Crippen LogP contribution in [0.1, 0.15) is 39.0 Å². The van der Waals surface area contributed by atoms with Crippen LogP contribution in [0.25, 0.3) is 6.08 Å². The van der Waals surface area contributed by atoms with Crippen molar-refractivity contribution < 1.29 is 9.31 Å². The third-order valence-corrected chi connectivity index (χ3v) is 3.94. The molecule has 0 unspecified atom stereocenters. The molecule has 1 N–H and O–H groups in total. The molecule has 0 radical (unpaired) electrons. The molecule has 1 aromatic heterocycles. The summed E-state index contributed by atoms with van der Waals surface area (Å²) in [6, 6.07) is 1.52. The fourth-order valence-corrected chi connectivity index (χ4v) is 1.89. The van der Waals surface area contributed by atoms with E-state index in [0.29, 0.717) is 5.56 Å². The molecule has 5 heteroatoms. The van der Waals surface area contributed by atoms with Gasteiger partial charge in [-0.15, -0.1) is 0 Å². The van der Waals surface area contributed by atoms with E-state index < -0.39 is 7.12 Å². The van der Waals surface area contributed by atoms with E-state index >= 15 is 0 Å². The van der Waals surface area contributed by atoms with E-state index in [0.717, 1.165) is 5.69 Å². The lowest BCUT2D eigenvalue weighted by molar-refractivity contribution is 0.00578. The molecule has 2 rings (SSSR count). The second-order valence-corrected chi connectivity index (χ2v) is 5.86. The van der Waals surface area contributed by atoms with E-state index in [9.17, 15) is 4.79 Å². The number of rotatable bonds is 2. The lowest BCUT2D eigenvalue weighted by atomic mass is 9.89. The zero-order valence-corrected chi connectivity index (χ0v) is 12.1. The van der Waals surface area contributed by atoms with Crippen LogP contribution in [0.2, 0.25) is 0 Å². The van der Waals surface area contributed by atoms with E-state index in [-0.39, 0.29) is 16.6 Å². The van der Waals surface area contributed by atoms with Crippen molar-refractivity contribution in [3.63, 3.8) is 0 Å². The average Bonchev–Trinajstić information content (AvgIpc) is 2.50. The second-order valence-electron chi connectivity index (χ2n) is 5.86. The number of pyridine rings is 1. The lowest BCUT2D eigenvalue weighted by Gasteiger charge is -2.32. The Morgan fingerprint density at radius 1 is 1.21 bits per heavy atom. The maximum absolute atomic E-state index is 11.5. The molecule has 102 valence electrons. The topological polar surface area (TPSA) is 51.3 Å². The fraction of sp³-hybridized carbons (Fsp3) is 0.500. The Hall–Kier alpha value is -1.33. The Balaban J connectivity index is 2.17. The Morgan fingerprint density at radius 2 is 1.79 bits per heavy atom. The highest BCUT2D eigenvalue weighted by molar-refractivity contribution is 6.52. The molecule has 0 spiro atoms. The van der Waals surface area contributed by atoms with Crippen molar-refractivity contribution in [2.45, 2.75) is 45.8 Å². The van der Waals surface area contributed by atoms with Crippen molar-refractivity contribution in [3.05, 3.63) is 39.7 Å². The minimum absolute atomic E-state index is 0.0207. The van der Waals surface area contributed by atoms with Crippen LogP contribution in [0.5, 0.6) is 0 Å². The highest BCUT2D eigenvalue weighted by Gasteiger charge is 2.49. The molecule has 1 aliphatic rings. The van der Waals surface area contributed by atoms with Crippen LogP contribution in [0.4, 0.5) is 0 Å². The second kappa shape index (κ2) is 4.65. The molecule has 0 aliphatic carbocycles. The Kier molecular flexibility index (Phi) is 3.45. The quantitative estimate of drug-likeness (QED) is 0.831. The zero-order chi connectivity index (χ0) is 14.3. The molecule has 1 aliphatic heterocycles. The largest absolute Gasteiger partial charge is 0.487 e. The van der Waals surface area contributed by atoms with Crippen molar-refractivity contribution in [2.24, 2.45) is 0 Å². The van der Waals surface area contributed by atoms with Crippen molar-refractivity contribution in [3.8, 4) is 0 Å². The molecule has 1 aromatic rings. The van der Waals surface area contributed by atoms with Crippen molar-refractivity contribution in [1.82, 2.24) is 4.98 Å². The van der Waals surface area contributed by atoms with Gasteiger partial charge in [-0.3, -0.25) is 4.79 Å². The van der Waals surface area contributed by atoms with Gasteiger partial charge in [-0.1, -0.05) is 5.98 Å². The summed E-state index contributed by atoms with van der Waals surface area (Å²) in [6.45, 7) is 9.84. The normalized spacial score (nSPS) is 21.2. The Labute approximate surface area is 114 Å². The summed E-state index contributed by atoms with van der Waals surface area (Å²) >= 11 is 0. The summed E-state index contributed by atoms with van der Waals surface area (Å²) in [7, 11) is -0.395. The lowest BCUT2D eigenvalue weighted by Crippen LogP contribution is -2.41.